The minimum atomic E-state index is -0.209. The summed E-state index contributed by atoms with van der Waals surface area (Å²) in [5.74, 6) is 0.371. The maximum atomic E-state index is 13.0. The molecule has 1 fully saturated rings. The Balaban J connectivity index is 2.36. The molecule has 1 saturated carbocycles. The minimum Gasteiger partial charge on any atom is -0.291 e. The van der Waals surface area contributed by atoms with Crippen molar-refractivity contribution in [2.45, 2.75) is 52.0 Å². The third-order valence-electron chi connectivity index (χ3n) is 4.29. The number of nitrogens with zero attached hydrogens (tertiary/aromatic N) is 1. The summed E-state index contributed by atoms with van der Waals surface area (Å²) in [6, 6.07) is 2.06. The van der Waals surface area contributed by atoms with Crippen LogP contribution in [0.5, 0.6) is 0 Å². The van der Waals surface area contributed by atoms with Crippen LogP contribution in [0.2, 0.25) is 0 Å². The maximum Gasteiger partial charge on any atom is 0.193 e. The molecule has 0 spiro atoms. The molecule has 0 bridgehead atoms. The molecule has 0 unspecified atom stereocenters. The summed E-state index contributed by atoms with van der Waals surface area (Å²) >= 11 is 1.61. The van der Waals surface area contributed by atoms with Crippen molar-refractivity contribution in [3.63, 3.8) is 0 Å². The molecule has 0 aromatic carbocycles. The van der Waals surface area contributed by atoms with Gasteiger partial charge in [0, 0.05) is 0 Å². The zero-order chi connectivity index (χ0) is 13.2. The first kappa shape index (κ1) is 13.8. The lowest BCUT2D eigenvalue weighted by Crippen LogP contribution is -2.52. The van der Waals surface area contributed by atoms with Crippen LogP contribution in [0.3, 0.4) is 0 Å². The molecule has 1 heterocycles. The Morgan fingerprint density at radius 2 is 1.94 bits per heavy atom. The first-order chi connectivity index (χ1) is 8.65. The van der Waals surface area contributed by atoms with Gasteiger partial charge < -0.3 is 0 Å². The zero-order valence-corrected chi connectivity index (χ0v) is 12.5. The highest BCUT2D eigenvalue weighted by Crippen LogP contribution is 2.39. The fraction of sp³-hybridized carbons (Fsp3) is 0.667. The molecule has 1 aliphatic carbocycles. The molecule has 3 heteroatoms. The molecule has 2 nitrogen and oxygen atoms in total. The average Bonchev–Trinajstić information content (AvgIpc) is 3.00. The van der Waals surface area contributed by atoms with Gasteiger partial charge in [0.15, 0.2) is 5.78 Å². The van der Waals surface area contributed by atoms with E-state index in [1.807, 2.05) is 5.38 Å². The largest absolute Gasteiger partial charge is 0.291 e. The van der Waals surface area contributed by atoms with Gasteiger partial charge in [0.25, 0.3) is 0 Å². The summed E-state index contributed by atoms with van der Waals surface area (Å²) < 4.78 is 0. The van der Waals surface area contributed by atoms with E-state index in [-0.39, 0.29) is 5.54 Å². The quantitative estimate of drug-likeness (QED) is 0.753. The summed E-state index contributed by atoms with van der Waals surface area (Å²) in [6.45, 7) is 8.31. The second-order valence-corrected chi connectivity index (χ2v) is 6.09. The summed E-state index contributed by atoms with van der Waals surface area (Å²) in [4.78, 5) is 16.3. The van der Waals surface area contributed by atoms with Crippen LogP contribution in [0, 0.1) is 6.92 Å². The van der Waals surface area contributed by atoms with Crippen molar-refractivity contribution in [3.05, 3.63) is 21.9 Å². The lowest BCUT2D eigenvalue weighted by atomic mass is 9.87. The number of Topliss-reactive ketones (excluding diaryl/α,β-unsaturated/α-hetero) is 1. The normalized spacial score (nSPS) is 18.4. The predicted molar refractivity (Wildman–Crippen MR) is 77.5 cm³/mol. The smallest absolute Gasteiger partial charge is 0.193 e. The van der Waals surface area contributed by atoms with E-state index in [0.717, 1.165) is 36.4 Å². The SMILES string of the molecule is CCN(CC)C1(C(=O)c2sccc2C)CCCC1. The zero-order valence-electron chi connectivity index (χ0n) is 11.7. The van der Waals surface area contributed by atoms with E-state index < -0.39 is 0 Å². The predicted octanol–water partition coefficient (Wildman–Crippen LogP) is 3.89. The standard InChI is InChI=1S/C15H23NOS/c1-4-16(5-2)15(9-6-7-10-15)14(17)13-12(3)8-11-18-13/h8,11H,4-7,9-10H2,1-3H3. The third-order valence-corrected chi connectivity index (χ3v) is 5.31. The van der Waals surface area contributed by atoms with Crippen molar-refractivity contribution < 1.29 is 4.79 Å². The summed E-state index contributed by atoms with van der Waals surface area (Å²) in [5, 5.41) is 2.04. The lowest BCUT2D eigenvalue weighted by molar-refractivity contribution is 0.0588. The van der Waals surface area contributed by atoms with Crippen LogP contribution in [0.25, 0.3) is 0 Å². The first-order valence-electron chi connectivity index (χ1n) is 6.99. The summed E-state index contributed by atoms with van der Waals surface area (Å²) in [7, 11) is 0. The van der Waals surface area contributed by atoms with Crippen molar-refractivity contribution in [1.82, 2.24) is 4.90 Å². The average molecular weight is 265 g/mol. The highest BCUT2D eigenvalue weighted by atomic mass is 32.1. The summed E-state index contributed by atoms with van der Waals surface area (Å²) in [6.07, 6.45) is 4.44. The number of aryl methyl sites for hydroxylation is 1. The van der Waals surface area contributed by atoms with Gasteiger partial charge in [-0.2, -0.15) is 0 Å². The van der Waals surface area contributed by atoms with E-state index in [9.17, 15) is 4.79 Å². The van der Waals surface area contributed by atoms with Gasteiger partial charge in [0.05, 0.1) is 10.4 Å². The minimum absolute atomic E-state index is 0.209. The molecule has 0 aliphatic heterocycles. The maximum absolute atomic E-state index is 13.0. The van der Waals surface area contributed by atoms with E-state index in [0.29, 0.717) is 5.78 Å². The van der Waals surface area contributed by atoms with Gasteiger partial charge in [-0.15, -0.1) is 11.3 Å². The van der Waals surface area contributed by atoms with E-state index in [1.54, 1.807) is 11.3 Å². The molecule has 1 aliphatic rings. The Morgan fingerprint density at radius 1 is 1.33 bits per heavy atom. The molecule has 0 N–H and O–H groups in total. The third kappa shape index (κ3) is 2.14. The number of carbonyl (C=O) groups is 1. The molecular weight excluding hydrogens is 242 g/mol. The fourth-order valence-electron chi connectivity index (χ4n) is 3.29. The molecule has 0 radical (unpaired) electrons. The Labute approximate surface area is 114 Å². The van der Waals surface area contributed by atoms with E-state index in [2.05, 4.69) is 31.7 Å². The van der Waals surface area contributed by atoms with E-state index >= 15 is 0 Å². The fourth-order valence-corrected chi connectivity index (χ4v) is 4.25. The van der Waals surface area contributed by atoms with Crippen LogP contribution in [0.4, 0.5) is 0 Å². The molecule has 2 rings (SSSR count). The van der Waals surface area contributed by atoms with Crippen LogP contribution < -0.4 is 0 Å². The van der Waals surface area contributed by atoms with Gasteiger partial charge in [-0.05, 0) is 49.9 Å². The van der Waals surface area contributed by atoms with Crippen LogP contribution in [0.15, 0.2) is 11.4 Å². The number of likely N-dealkylation sites (N-methyl/N-ethyl adjacent to an activating group) is 1. The van der Waals surface area contributed by atoms with Crippen molar-refractivity contribution in [2.24, 2.45) is 0 Å². The Bertz CT molecular complexity index is 414. The van der Waals surface area contributed by atoms with Gasteiger partial charge in [-0.3, -0.25) is 9.69 Å². The van der Waals surface area contributed by atoms with Crippen LogP contribution in [0.1, 0.15) is 54.8 Å². The van der Waals surface area contributed by atoms with E-state index in [1.165, 1.54) is 12.8 Å². The van der Waals surface area contributed by atoms with Gasteiger partial charge in [0.1, 0.15) is 0 Å². The molecule has 18 heavy (non-hydrogen) atoms. The molecular formula is C15H23NOS. The van der Waals surface area contributed by atoms with Crippen molar-refractivity contribution >= 4 is 17.1 Å². The Morgan fingerprint density at radius 3 is 2.39 bits per heavy atom. The molecule has 1 aromatic rings. The van der Waals surface area contributed by atoms with Gasteiger partial charge in [0.2, 0.25) is 0 Å². The van der Waals surface area contributed by atoms with Crippen LogP contribution in [-0.2, 0) is 0 Å². The molecule has 0 atom stereocenters. The second-order valence-electron chi connectivity index (χ2n) is 5.17. The summed E-state index contributed by atoms with van der Waals surface area (Å²) in [5.41, 5.74) is 0.933. The first-order valence-corrected chi connectivity index (χ1v) is 7.87. The number of rotatable bonds is 5. The van der Waals surface area contributed by atoms with Gasteiger partial charge in [-0.1, -0.05) is 26.7 Å². The Hall–Kier alpha value is -0.670. The number of ketones is 1. The van der Waals surface area contributed by atoms with Gasteiger partial charge >= 0.3 is 0 Å². The molecule has 0 amide bonds. The van der Waals surface area contributed by atoms with Crippen LogP contribution in [-0.4, -0.2) is 29.3 Å². The lowest BCUT2D eigenvalue weighted by Gasteiger charge is -2.38. The number of hydrogen-bond acceptors (Lipinski definition) is 3. The number of hydrogen-bond donors (Lipinski definition) is 0. The van der Waals surface area contributed by atoms with Crippen LogP contribution >= 0.6 is 11.3 Å². The monoisotopic (exact) mass is 265 g/mol. The highest BCUT2D eigenvalue weighted by molar-refractivity contribution is 7.12. The number of carbonyl (C=O) groups excluding carboxylic acids is 1. The number of thiophene rings is 1. The second kappa shape index (κ2) is 5.54. The highest BCUT2D eigenvalue weighted by Gasteiger charge is 2.45. The molecule has 0 saturated heterocycles. The van der Waals surface area contributed by atoms with Gasteiger partial charge in [-0.25, -0.2) is 0 Å². The topological polar surface area (TPSA) is 20.3 Å². The van der Waals surface area contributed by atoms with Crippen molar-refractivity contribution in [1.29, 1.82) is 0 Å². The van der Waals surface area contributed by atoms with Crippen molar-refractivity contribution in [3.8, 4) is 0 Å². The molecule has 1 aromatic heterocycles. The van der Waals surface area contributed by atoms with E-state index in [4.69, 9.17) is 0 Å². The van der Waals surface area contributed by atoms with Crippen molar-refractivity contribution in [2.75, 3.05) is 13.1 Å². The molecule has 100 valence electrons. The Kier molecular flexibility index (Phi) is 4.23.